The number of benzene rings is 3. The monoisotopic (exact) mass is 704 g/mol. The van der Waals surface area contributed by atoms with Gasteiger partial charge in [-0.05, 0) is 0 Å². The van der Waals surface area contributed by atoms with Crippen molar-refractivity contribution in [3.63, 3.8) is 0 Å². The Morgan fingerprint density at radius 3 is 0.739 bits per heavy atom. The van der Waals surface area contributed by atoms with E-state index in [2.05, 4.69) is 0 Å². The normalized spacial score (nSPS) is 12.3. The third-order valence-corrected chi connectivity index (χ3v) is 4.85. The first kappa shape index (κ1) is 41.2. The van der Waals surface area contributed by atoms with Crippen molar-refractivity contribution >= 4 is 34.6 Å². The summed E-state index contributed by atoms with van der Waals surface area (Å²) >= 11 is 0. The quantitative estimate of drug-likeness (QED) is 0.103. The van der Waals surface area contributed by atoms with Gasteiger partial charge in [-0.2, -0.15) is 39.5 Å². The molecule has 3 aromatic rings. The van der Waals surface area contributed by atoms with Crippen molar-refractivity contribution in [3.8, 4) is 0 Å². The average Bonchev–Trinajstić information content (AvgIpc) is 2.97. The molecule has 0 radical (unpaired) electrons. The number of halogens is 9. The maximum atomic E-state index is 11.8. The van der Waals surface area contributed by atoms with Gasteiger partial charge in [0.2, 0.25) is 0 Å². The number of carbonyl (C=O) groups is 3. The van der Waals surface area contributed by atoms with Crippen molar-refractivity contribution in [3.05, 3.63) is 126 Å². The van der Waals surface area contributed by atoms with Crippen LogP contribution in [0.2, 0.25) is 0 Å². The molecular weight excluding hydrogens is 683 g/mol. The Morgan fingerprint density at radius 2 is 0.587 bits per heavy atom. The molecule has 0 spiro atoms. The molecule has 0 aliphatic carbocycles. The van der Waals surface area contributed by atoms with E-state index in [-0.39, 0.29) is 52.0 Å². The van der Waals surface area contributed by atoms with Crippen molar-refractivity contribution in [1.82, 2.24) is 0 Å². The fourth-order valence-corrected chi connectivity index (χ4v) is 2.69. The van der Waals surface area contributed by atoms with Crippen LogP contribution in [0, 0.1) is 0 Å². The van der Waals surface area contributed by atoms with E-state index in [1.807, 2.05) is 0 Å². The number of carbonyl (C=O) groups excluding carboxylic acids is 3. The largest absolute Gasteiger partial charge is 0.507 e. The second kappa shape index (κ2) is 18.2. The Labute approximate surface area is 265 Å². The molecule has 0 atom stereocenters. The number of aliphatic hydroxyl groups excluding tert-OH is 3. The molecule has 3 rings (SSSR count). The molecule has 46 heavy (non-hydrogen) atoms. The van der Waals surface area contributed by atoms with Crippen LogP contribution in [-0.2, 0) is 31.5 Å². The first-order valence-corrected chi connectivity index (χ1v) is 11.9. The van der Waals surface area contributed by atoms with E-state index in [4.69, 9.17) is 0 Å². The zero-order chi connectivity index (χ0) is 34.4. The van der Waals surface area contributed by atoms with E-state index in [1.165, 1.54) is 72.8 Å². The molecule has 0 heterocycles. The molecule has 0 saturated carbocycles. The van der Waals surface area contributed by atoms with Crippen LogP contribution >= 0.6 is 0 Å². The number of ketones is 3. The zero-order valence-corrected chi connectivity index (χ0v) is 23.8. The van der Waals surface area contributed by atoms with Gasteiger partial charge in [-0.3, -0.25) is 14.4 Å². The van der Waals surface area contributed by atoms with E-state index < -0.39 is 53.2 Å². The third-order valence-electron chi connectivity index (χ3n) is 4.85. The van der Waals surface area contributed by atoms with Crippen molar-refractivity contribution < 1.29 is 86.3 Å². The summed E-state index contributed by atoms with van der Waals surface area (Å²) in [5, 5.41) is 27.6. The topological polar surface area (TPSA) is 112 Å². The van der Waals surface area contributed by atoms with Crippen LogP contribution in [0.25, 0.3) is 17.3 Å². The first-order chi connectivity index (χ1) is 20.7. The number of alkyl halides is 9. The standard InChI is InChI=1S/3C10H7F3O2.Fe/c3*11-10(12,13)9(15)6-8(14)7-4-2-1-3-5-7;/h3*1-6,14H;/b3*8-6-;. The van der Waals surface area contributed by atoms with Gasteiger partial charge in [-0.1, -0.05) is 91.0 Å². The van der Waals surface area contributed by atoms with Gasteiger partial charge in [0.25, 0.3) is 17.3 Å². The molecule has 16 heteroatoms. The van der Waals surface area contributed by atoms with Gasteiger partial charge in [-0.25, -0.2) is 0 Å². The molecule has 0 aliphatic rings. The Kier molecular flexibility index (Phi) is 16.3. The molecule has 3 N–H and O–H groups in total. The van der Waals surface area contributed by atoms with Crippen LogP contribution in [0.4, 0.5) is 39.5 Å². The van der Waals surface area contributed by atoms with Gasteiger partial charge in [0.05, 0.1) is 0 Å². The summed E-state index contributed by atoms with van der Waals surface area (Å²) in [5.74, 6) is -8.33. The fraction of sp³-hybridized carbons (Fsp3) is 0.100. The van der Waals surface area contributed by atoms with Gasteiger partial charge in [0.1, 0.15) is 17.3 Å². The van der Waals surface area contributed by atoms with Crippen molar-refractivity contribution in [2.45, 2.75) is 18.5 Å². The van der Waals surface area contributed by atoms with Crippen LogP contribution < -0.4 is 0 Å². The predicted octanol–water partition coefficient (Wildman–Crippen LogP) is 8.15. The smallest absolute Gasteiger partial charge is 0.454 e. The van der Waals surface area contributed by atoms with Gasteiger partial charge in [-0.15, -0.1) is 0 Å². The minimum Gasteiger partial charge on any atom is -0.507 e. The number of hydrogen-bond donors (Lipinski definition) is 3. The Balaban J connectivity index is 0.000000653. The molecule has 0 fully saturated rings. The Morgan fingerprint density at radius 1 is 0.413 bits per heavy atom. The average molecular weight is 704 g/mol. The molecule has 3 aromatic carbocycles. The van der Waals surface area contributed by atoms with Crippen molar-refractivity contribution in [2.75, 3.05) is 0 Å². The van der Waals surface area contributed by atoms with E-state index >= 15 is 0 Å². The zero-order valence-electron chi connectivity index (χ0n) is 22.7. The number of rotatable bonds is 6. The summed E-state index contributed by atoms with van der Waals surface area (Å²) in [6.07, 6.45) is -14.4. The summed E-state index contributed by atoms with van der Waals surface area (Å²) in [6.45, 7) is 0. The summed E-state index contributed by atoms with van der Waals surface area (Å²) in [6, 6.07) is 22.5. The molecule has 0 amide bonds. The molecule has 0 aromatic heterocycles. The molecular formula is C30H21F9FeO6. The first-order valence-electron chi connectivity index (χ1n) is 11.9. The number of allylic oxidation sites excluding steroid dienone is 3. The summed E-state index contributed by atoms with van der Waals surface area (Å²) in [4.78, 5) is 31.5. The fourth-order valence-electron chi connectivity index (χ4n) is 2.69. The van der Waals surface area contributed by atoms with Crippen LogP contribution in [0.3, 0.4) is 0 Å². The molecule has 0 bridgehead atoms. The number of aliphatic hydroxyl groups is 3. The molecule has 0 unspecified atom stereocenters. The third kappa shape index (κ3) is 15.3. The van der Waals surface area contributed by atoms with Gasteiger partial charge in [0.15, 0.2) is 0 Å². The second-order valence-corrected chi connectivity index (χ2v) is 8.27. The Bertz CT molecular complexity index is 1330. The summed E-state index contributed by atoms with van der Waals surface area (Å²) < 4.78 is 106. The van der Waals surface area contributed by atoms with Crippen molar-refractivity contribution in [2.24, 2.45) is 0 Å². The maximum Gasteiger partial charge on any atom is 0.454 e. The molecule has 0 saturated heterocycles. The Hall–Kier alpha value is -4.82. The SMILES string of the molecule is O=C(/C=C(\O)c1ccccc1)C(F)(F)F.O=C(/C=C(\O)c1ccccc1)C(F)(F)F.O=C(/C=C(\O)c1ccccc1)C(F)(F)F.[Fe]. The number of hydrogen-bond acceptors (Lipinski definition) is 6. The van der Waals surface area contributed by atoms with Crippen LogP contribution in [-0.4, -0.2) is 51.2 Å². The minimum absolute atomic E-state index is 0. The van der Waals surface area contributed by atoms with E-state index in [0.717, 1.165) is 0 Å². The van der Waals surface area contributed by atoms with Crippen LogP contribution in [0.5, 0.6) is 0 Å². The van der Waals surface area contributed by atoms with Gasteiger partial charge < -0.3 is 15.3 Å². The summed E-state index contributed by atoms with van der Waals surface area (Å²) in [7, 11) is 0. The predicted molar refractivity (Wildman–Crippen MR) is 144 cm³/mol. The van der Waals surface area contributed by atoms with E-state index in [1.54, 1.807) is 18.2 Å². The minimum atomic E-state index is -4.96. The van der Waals surface area contributed by atoms with Crippen LogP contribution in [0.15, 0.2) is 109 Å². The van der Waals surface area contributed by atoms with E-state index in [9.17, 15) is 69.2 Å². The molecule has 6 nitrogen and oxygen atoms in total. The molecule has 0 aliphatic heterocycles. The van der Waals surface area contributed by atoms with Gasteiger partial charge in [0, 0.05) is 52.0 Å². The molecule has 248 valence electrons. The van der Waals surface area contributed by atoms with Crippen molar-refractivity contribution in [1.29, 1.82) is 0 Å². The second-order valence-electron chi connectivity index (χ2n) is 8.27. The van der Waals surface area contributed by atoms with Gasteiger partial charge >= 0.3 is 18.5 Å². The summed E-state index contributed by atoms with van der Waals surface area (Å²) in [5.41, 5.74) is 0.486. The maximum absolute atomic E-state index is 11.8. The van der Waals surface area contributed by atoms with Crippen LogP contribution in [0.1, 0.15) is 16.7 Å². The van der Waals surface area contributed by atoms with E-state index in [0.29, 0.717) is 0 Å².